The summed E-state index contributed by atoms with van der Waals surface area (Å²) in [5, 5.41) is 31.8. The van der Waals surface area contributed by atoms with Crippen LogP contribution in [0.25, 0.3) is 0 Å². The zero-order valence-corrected chi connectivity index (χ0v) is 40.0. The lowest BCUT2D eigenvalue weighted by molar-refractivity contribution is -0.204. The Morgan fingerprint density at radius 2 is 1.72 bits per heavy atom. The number of ether oxygens (including phenoxy) is 2. The fraction of sp³-hybridized carbons (Fsp3) is 0.538. The third-order valence-corrected chi connectivity index (χ3v) is 14.0. The Morgan fingerprint density at radius 3 is 2.45 bits per heavy atom. The number of phenols is 1. The summed E-state index contributed by atoms with van der Waals surface area (Å²) in [4.78, 5) is 60.0. The first kappa shape index (κ1) is 48.1. The number of aromatic hydroxyl groups is 1. The van der Waals surface area contributed by atoms with Crippen molar-refractivity contribution in [1.82, 2.24) is 20.6 Å². The molecule has 2 aromatic rings. The van der Waals surface area contributed by atoms with Crippen LogP contribution in [0.5, 0.6) is 11.5 Å². The third kappa shape index (κ3) is 10.1. The van der Waals surface area contributed by atoms with Crippen molar-refractivity contribution in [3.05, 3.63) is 99.9 Å². The Morgan fingerprint density at radius 1 is 0.970 bits per heavy atom. The van der Waals surface area contributed by atoms with E-state index in [1.165, 1.54) is 25.3 Å². The number of nitrogens with one attached hydrogen (secondary N) is 2. The number of aliphatic imine (C=N–C) groups is 1. The van der Waals surface area contributed by atoms with E-state index >= 15 is 0 Å². The summed E-state index contributed by atoms with van der Waals surface area (Å²) in [5.74, 6) is -3.60. The zero-order valence-electron chi connectivity index (χ0n) is 40.0. The maximum Gasteiger partial charge on any atom is 0.312 e. The third-order valence-electron chi connectivity index (χ3n) is 14.0. The Labute approximate surface area is 393 Å². The molecule has 15 heteroatoms. The van der Waals surface area contributed by atoms with Crippen LogP contribution in [0.4, 0.5) is 10.1 Å². The first-order valence-corrected chi connectivity index (χ1v) is 24.1. The predicted octanol–water partition coefficient (Wildman–Crippen LogP) is 7.25. The number of hydrogen-bond donors (Lipinski definition) is 4. The molecule has 0 saturated carbocycles. The fourth-order valence-corrected chi connectivity index (χ4v) is 10.2. The molecule has 1 amide bonds. The number of halogens is 1. The molecule has 14 nitrogen and oxygen atoms in total. The minimum absolute atomic E-state index is 0.0480. The summed E-state index contributed by atoms with van der Waals surface area (Å²) >= 11 is 0. The van der Waals surface area contributed by atoms with Crippen LogP contribution in [0, 0.1) is 30.5 Å². The largest absolute Gasteiger partial charge is 0.507 e. The highest BCUT2D eigenvalue weighted by molar-refractivity contribution is 6.34. The zero-order chi connectivity index (χ0) is 47.8. The van der Waals surface area contributed by atoms with Crippen molar-refractivity contribution in [3.8, 4) is 11.5 Å². The molecule has 2 fully saturated rings. The van der Waals surface area contributed by atoms with Gasteiger partial charge in [0, 0.05) is 94.4 Å². The summed E-state index contributed by atoms with van der Waals surface area (Å²) < 4.78 is 26.2. The van der Waals surface area contributed by atoms with Gasteiger partial charge in [0.15, 0.2) is 0 Å². The van der Waals surface area contributed by atoms with Crippen LogP contribution < -0.4 is 20.3 Å². The number of benzene rings is 2. The number of likely N-dealkylation sites (tertiary alicyclic amines) is 1. The van der Waals surface area contributed by atoms with Crippen molar-refractivity contribution in [3.63, 3.8) is 0 Å². The van der Waals surface area contributed by atoms with Crippen molar-refractivity contribution in [1.29, 1.82) is 0 Å². The van der Waals surface area contributed by atoms with E-state index in [0.29, 0.717) is 81.1 Å². The number of allylic oxidation sites excluding steroid dienone is 6. The van der Waals surface area contributed by atoms with E-state index in [1.807, 2.05) is 24.1 Å². The molecule has 1 spiro atoms. The second kappa shape index (κ2) is 19.7. The van der Waals surface area contributed by atoms with Crippen molar-refractivity contribution in [2.24, 2.45) is 22.7 Å². The summed E-state index contributed by atoms with van der Waals surface area (Å²) in [6, 6.07) is 6.53. The number of aliphatic hydroxyl groups excluding tert-OH is 1. The standard InChI is InChI=1S/C52H67FN6O8/c1-31(2)30-57-23-19-52(20-24-57)55-43-40-41-46(61)35(6)48-42(40)49(63)51(7,66-48)65-27-9-8-14-38(67-59-22-11-21-58(25-26-59)37-17-15-36(53)16-18-37)29-39(60)34(5)28-32(3)12-10-13-33(4)50(64)54-45(47(41)62)44(43)56-52/h9-10,12-13,15-18,27,31-32,34,38-39,56,60-61H,8,11,14,19-26,28-30H2,1-7H3,(H,54,64)/b12-10+,27-9+,33-13-/t32?,34-,38-,39?,51?/m1/s1. The van der Waals surface area contributed by atoms with Crippen LogP contribution in [-0.2, 0) is 14.4 Å². The number of aliphatic hydroxyl groups is 1. The molecule has 6 aliphatic heterocycles. The second-order valence-electron chi connectivity index (χ2n) is 19.9. The maximum absolute atomic E-state index is 14.8. The second-order valence-corrected chi connectivity index (χ2v) is 19.9. The van der Waals surface area contributed by atoms with E-state index in [0.717, 1.165) is 38.3 Å². The Hall–Kier alpha value is -5.35. The predicted molar refractivity (Wildman–Crippen MR) is 254 cm³/mol. The normalized spacial score (nSPS) is 29.3. The summed E-state index contributed by atoms with van der Waals surface area (Å²) in [7, 11) is 0. The van der Waals surface area contributed by atoms with E-state index in [9.17, 15) is 29.0 Å². The van der Waals surface area contributed by atoms with Gasteiger partial charge in [-0.2, -0.15) is 5.06 Å². The lowest BCUT2D eigenvalue weighted by atomic mass is 9.82. The van der Waals surface area contributed by atoms with Crippen LogP contribution in [0.3, 0.4) is 0 Å². The van der Waals surface area contributed by atoms with Crippen LogP contribution in [0.15, 0.2) is 76.8 Å². The highest BCUT2D eigenvalue weighted by atomic mass is 19.1. The van der Waals surface area contributed by atoms with Crippen molar-refractivity contribution in [2.45, 2.75) is 117 Å². The van der Waals surface area contributed by atoms with Gasteiger partial charge < -0.3 is 40.1 Å². The average molecular weight is 923 g/mol. The molecule has 3 unspecified atom stereocenters. The molecule has 0 aromatic heterocycles. The van der Waals surface area contributed by atoms with Gasteiger partial charge in [0.05, 0.1) is 41.0 Å². The molecule has 2 saturated heterocycles. The van der Waals surface area contributed by atoms with E-state index in [-0.39, 0.29) is 63.2 Å². The first-order chi connectivity index (χ1) is 32.0. The number of hydrogen-bond acceptors (Lipinski definition) is 13. The number of amides is 1. The van der Waals surface area contributed by atoms with Crippen molar-refractivity contribution < 1.29 is 43.3 Å². The summed E-state index contributed by atoms with van der Waals surface area (Å²) in [6.07, 6.45) is 11.9. The molecule has 6 heterocycles. The van der Waals surface area contributed by atoms with Crippen LogP contribution >= 0.6 is 0 Å². The molecule has 4 N–H and O–H groups in total. The highest BCUT2D eigenvalue weighted by Gasteiger charge is 2.54. The molecular formula is C52H67FN6O8. The first-order valence-electron chi connectivity index (χ1n) is 24.1. The van der Waals surface area contributed by atoms with E-state index < -0.39 is 35.0 Å². The van der Waals surface area contributed by atoms with Gasteiger partial charge in [0.25, 0.3) is 11.7 Å². The van der Waals surface area contributed by atoms with Gasteiger partial charge in [-0.25, -0.2) is 4.39 Å². The number of hydroxylamine groups is 2. The van der Waals surface area contributed by atoms with Crippen molar-refractivity contribution >= 4 is 28.9 Å². The van der Waals surface area contributed by atoms with Crippen LogP contribution in [0.2, 0.25) is 0 Å². The number of carbonyl (C=O) groups is 3. The smallest absolute Gasteiger partial charge is 0.312 e. The molecule has 360 valence electrons. The van der Waals surface area contributed by atoms with E-state index in [2.05, 4.69) is 41.2 Å². The number of phenolic OH excluding ortho intramolecular Hbond substituents is 1. The minimum atomic E-state index is -1.84. The SMILES string of the molecule is C/C1=C/C=C/C(C)C[C@@H](C)C(O)C[C@H](ON2CCCN(c3ccc(F)cc3)CC2)CC/C=C/OC2(C)Oc3c(C)c(O)c4c(c3C2=O)C2=NC3(CCN(CC(C)C)CC3)NC2=C(NC1=O)C4=O. The van der Waals surface area contributed by atoms with E-state index in [4.69, 9.17) is 19.3 Å². The van der Waals surface area contributed by atoms with Gasteiger partial charge in [0.1, 0.15) is 28.7 Å². The molecular weight excluding hydrogens is 856 g/mol. The number of anilines is 1. The number of ketones is 2. The number of fused-ring (bicyclic) bond motifs is 13. The minimum Gasteiger partial charge on any atom is -0.507 e. The Bertz CT molecular complexity index is 2400. The molecule has 0 radical (unpaired) electrons. The lowest BCUT2D eigenvalue weighted by Crippen LogP contribution is -2.50. The fourth-order valence-electron chi connectivity index (χ4n) is 10.2. The topological polar surface area (TPSA) is 166 Å². The number of piperidine rings is 1. The number of Topliss-reactive ketones (excluding diaryl/α,β-unsaturated/α-hetero) is 2. The summed E-state index contributed by atoms with van der Waals surface area (Å²) in [6.45, 7) is 18.5. The number of nitrogens with zero attached hydrogens (tertiary/aromatic N) is 4. The molecule has 9 rings (SSSR count). The van der Waals surface area contributed by atoms with Gasteiger partial charge in [-0.15, -0.1) is 0 Å². The molecule has 7 aliphatic rings. The molecule has 5 atom stereocenters. The Kier molecular flexibility index (Phi) is 14.2. The molecule has 67 heavy (non-hydrogen) atoms. The van der Waals surface area contributed by atoms with Gasteiger partial charge in [-0.1, -0.05) is 45.9 Å². The van der Waals surface area contributed by atoms with Gasteiger partial charge in [-0.3, -0.25) is 24.2 Å². The van der Waals surface area contributed by atoms with Crippen LogP contribution in [0.1, 0.15) is 118 Å². The van der Waals surface area contributed by atoms with Crippen molar-refractivity contribution in [2.75, 3.05) is 50.7 Å². The molecule has 1 aliphatic carbocycles. The van der Waals surface area contributed by atoms with Gasteiger partial charge >= 0.3 is 5.79 Å². The summed E-state index contributed by atoms with van der Waals surface area (Å²) in [5.41, 5.74) is 1.36. The van der Waals surface area contributed by atoms with Crippen LogP contribution in [-0.4, -0.2) is 113 Å². The van der Waals surface area contributed by atoms with Gasteiger partial charge in [-0.05, 0) is 87.6 Å². The molecule has 5 bridgehead atoms. The Balaban J connectivity index is 1.10. The number of carbonyl (C=O) groups excluding carboxylic acids is 3. The monoisotopic (exact) mass is 923 g/mol. The maximum atomic E-state index is 14.8. The van der Waals surface area contributed by atoms with E-state index in [1.54, 1.807) is 38.1 Å². The van der Waals surface area contributed by atoms with Gasteiger partial charge in [0.2, 0.25) is 5.78 Å². The molecule has 2 aromatic carbocycles. The number of rotatable bonds is 5. The quantitative estimate of drug-likeness (QED) is 0.238. The lowest BCUT2D eigenvalue weighted by Gasteiger charge is -2.38. The average Bonchev–Trinajstić information content (AvgIpc) is 3.67. The highest BCUT2D eigenvalue weighted by Crippen LogP contribution is 2.50.